The first kappa shape index (κ1) is 17.6. The van der Waals surface area contributed by atoms with Crippen LogP contribution in [-0.4, -0.2) is 42.1 Å². The van der Waals surface area contributed by atoms with Crippen molar-refractivity contribution in [3.63, 3.8) is 0 Å². The van der Waals surface area contributed by atoms with E-state index in [1.54, 1.807) is 0 Å². The number of fused-ring (bicyclic) bond motifs is 1. The summed E-state index contributed by atoms with van der Waals surface area (Å²) in [4.78, 5) is 17.4. The van der Waals surface area contributed by atoms with Crippen LogP contribution in [0.2, 0.25) is 0 Å². The summed E-state index contributed by atoms with van der Waals surface area (Å²) < 4.78 is 25.9. The smallest absolute Gasteiger partial charge is 0.321 e. The van der Waals surface area contributed by atoms with Crippen LogP contribution in [0, 0.1) is 0 Å². The van der Waals surface area contributed by atoms with Gasteiger partial charge in [0.1, 0.15) is 0 Å². The Morgan fingerprint density at radius 2 is 2.12 bits per heavy atom. The van der Waals surface area contributed by atoms with Crippen molar-refractivity contribution in [2.75, 3.05) is 17.6 Å². The zero-order chi connectivity index (χ0) is 17.2. The summed E-state index contributed by atoms with van der Waals surface area (Å²) in [6, 6.07) is 0.0396. The predicted molar refractivity (Wildman–Crippen MR) is 94.7 cm³/mol. The van der Waals surface area contributed by atoms with Crippen molar-refractivity contribution in [1.29, 1.82) is 0 Å². The number of carbonyl (C=O) groups is 1. The summed E-state index contributed by atoms with van der Waals surface area (Å²) >= 11 is 1.37. The molecule has 1 saturated carbocycles. The highest BCUT2D eigenvalue weighted by molar-refractivity contribution is 7.89. The Kier molecular flexibility index (Phi) is 5.41. The molecule has 1 aromatic heterocycles. The van der Waals surface area contributed by atoms with Gasteiger partial charge in [-0.05, 0) is 19.3 Å². The molecule has 2 heterocycles. The molecular weight excluding hydrogens is 348 g/mol. The minimum atomic E-state index is -3.19. The van der Waals surface area contributed by atoms with Gasteiger partial charge >= 0.3 is 6.03 Å². The van der Waals surface area contributed by atoms with Crippen LogP contribution in [0.15, 0.2) is 0 Å². The van der Waals surface area contributed by atoms with Crippen LogP contribution in [0.3, 0.4) is 0 Å². The first-order valence-electron chi connectivity index (χ1n) is 8.52. The van der Waals surface area contributed by atoms with E-state index in [0.29, 0.717) is 31.1 Å². The van der Waals surface area contributed by atoms with E-state index < -0.39 is 10.0 Å². The second kappa shape index (κ2) is 7.37. The van der Waals surface area contributed by atoms with Gasteiger partial charge in [-0.2, -0.15) is 4.31 Å². The first-order valence-corrected chi connectivity index (χ1v) is 10.9. The van der Waals surface area contributed by atoms with Crippen molar-refractivity contribution in [1.82, 2.24) is 14.6 Å². The number of hydrogen-bond acceptors (Lipinski definition) is 5. The molecule has 9 heteroatoms. The molecule has 1 aromatic rings. The zero-order valence-corrected chi connectivity index (χ0v) is 15.5. The summed E-state index contributed by atoms with van der Waals surface area (Å²) in [5.41, 5.74) is 0.902. The standard InChI is InChI=1S/C15H24N4O3S2/c1-2-9-24(21,22)19-8-7-12-13(10-19)23-15(17-12)18-14(20)16-11-5-3-4-6-11/h11H,2-10H2,1H3,(H2,16,17,18,20). The maximum atomic E-state index is 12.2. The maximum Gasteiger partial charge on any atom is 0.321 e. The third-order valence-corrected chi connectivity index (χ3v) is 7.48. The van der Waals surface area contributed by atoms with Gasteiger partial charge in [-0.3, -0.25) is 5.32 Å². The Labute approximate surface area is 146 Å². The molecule has 0 saturated heterocycles. The third-order valence-electron chi connectivity index (χ3n) is 4.46. The number of nitrogens with zero attached hydrogens (tertiary/aromatic N) is 2. The summed E-state index contributed by atoms with van der Waals surface area (Å²) in [5, 5.41) is 6.31. The Morgan fingerprint density at radius 3 is 2.83 bits per heavy atom. The molecule has 7 nitrogen and oxygen atoms in total. The van der Waals surface area contributed by atoms with Crippen LogP contribution >= 0.6 is 11.3 Å². The summed E-state index contributed by atoms with van der Waals surface area (Å²) in [7, 11) is -3.19. The van der Waals surface area contributed by atoms with Gasteiger partial charge in [0, 0.05) is 30.4 Å². The summed E-state index contributed by atoms with van der Waals surface area (Å²) in [6.45, 7) is 2.69. The Balaban J connectivity index is 1.61. The molecule has 0 unspecified atom stereocenters. The second-order valence-electron chi connectivity index (χ2n) is 6.37. The molecule has 3 rings (SSSR count). The lowest BCUT2D eigenvalue weighted by Crippen LogP contribution is -2.36. The van der Waals surface area contributed by atoms with Crippen molar-refractivity contribution >= 4 is 32.5 Å². The second-order valence-corrected chi connectivity index (χ2v) is 9.54. The molecule has 1 fully saturated rings. The number of urea groups is 1. The number of hydrogen-bond donors (Lipinski definition) is 2. The van der Waals surface area contributed by atoms with Gasteiger partial charge in [0.15, 0.2) is 5.13 Å². The molecule has 2 amide bonds. The summed E-state index contributed by atoms with van der Waals surface area (Å²) in [6.07, 6.45) is 5.61. The molecule has 24 heavy (non-hydrogen) atoms. The van der Waals surface area contributed by atoms with Gasteiger partial charge in [-0.1, -0.05) is 31.1 Å². The van der Waals surface area contributed by atoms with E-state index in [1.807, 2.05) is 6.92 Å². The van der Waals surface area contributed by atoms with Crippen LogP contribution < -0.4 is 10.6 Å². The van der Waals surface area contributed by atoms with Crippen molar-refractivity contribution in [3.8, 4) is 0 Å². The lowest BCUT2D eigenvalue weighted by molar-refractivity contribution is 0.248. The molecule has 0 spiro atoms. The average molecular weight is 373 g/mol. The van der Waals surface area contributed by atoms with Crippen LogP contribution in [-0.2, 0) is 23.0 Å². The Bertz CT molecular complexity index is 696. The molecule has 0 atom stereocenters. The first-order chi connectivity index (χ1) is 11.5. The maximum absolute atomic E-state index is 12.2. The molecule has 0 bridgehead atoms. The van der Waals surface area contributed by atoms with E-state index in [9.17, 15) is 13.2 Å². The number of carbonyl (C=O) groups excluding carboxylic acids is 1. The highest BCUT2D eigenvalue weighted by atomic mass is 32.2. The molecule has 2 aliphatic rings. The number of nitrogens with one attached hydrogen (secondary N) is 2. The molecule has 2 N–H and O–H groups in total. The minimum Gasteiger partial charge on any atom is -0.335 e. The van der Waals surface area contributed by atoms with E-state index in [0.717, 1.165) is 23.4 Å². The molecular formula is C15H24N4O3S2. The van der Waals surface area contributed by atoms with Gasteiger partial charge in [-0.15, -0.1) is 0 Å². The molecule has 1 aliphatic heterocycles. The largest absolute Gasteiger partial charge is 0.335 e. The van der Waals surface area contributed by atoms with Crippen molar-refractivity contribution in [2.45, 2.75) is 58.0 Å². The molecule has 1 aliphatic carbocycles. The fraction of sp³-hybridized carbons (Fsp3) is 0.733. The van der Waals surface area contributed by atoms with E-state index >= 15 is 0 Å². The average Bonchev–Trinajstić information content (AvgIpc) is 3.14. The molecule has 0 radical (unpaired) electrons. The quantitative estimate of drug-likeness (QED) is 0.830. The predicted octanol–water partition coefficient (Wildman–Crippen LogP) is 2.31. The van der Waals surface area contributed by atoms with Gasteiger partial charge < -0.3 is 5.32 Å². The summed E-state index contributed by atoms with van der Waals surface area (Å²) in [5.74, 6) is 0.177. The van der Waals surface area contributed by atoms with E-state index in [-0.39, 0.29) is 17.8 Å². The lowest BCUT2D eigenvalue weighted by Gasteiger charge is -2.25. The van der Waals surface area contributed by atoms with Crippen molar-refractivity contribution < 1.29 is 13.2 Å². The van der Waals surface area contributed by atoms with Gasteiger partial charge in [0.25, 0.3) is 0 Å². The third kappa shape index (κ3) is 4.07. The van der Waals surface area contributed by atoms with Crippen LogP contribution in [0.5, 0.6) is 0 Å². The number of anilines is 1. The normalized spacial score (nSPS) is 19.2. The number of amides is 2. The Morgan fingerprint density at radius 1 is 1.38 bits per heavy atom. The Hall–Kier alpha value is -1.19. The molecule has 0 aromatic carbocycles. The highest BCUT2D eigenvalue weighted by Crippen LogP contribution is 2.29. The van der Waals surface area contributed by atoms with Gasteiger partial charge in [0.05, 0.1) is 11.4 Å². The SMILES string of the molecule is CCCS(=O)(=O)N1CCc2nc(NC(=O)NC3CCCC3)sc2C1. The van der Waals surface area contributed by atoms with Crippen LogP contribution in [0.1, 0.15) is 49.6 Å². The number of rotatable bonds is 5. The minimum absolute atomic E-state index is 0.177. The van der Waals surface area contributed by atoms with E-state index in [1.165, 1.54) is 28.5 Å². The fourth-order valence-electron chi connectivity index (χ4n) is 3.24. The lowest BCUT2D eigenvalue weighted by atomic mass is 10.2. The zero-order valence-electron chi connectivity index (χ0n) is 13.9. The molecule has 134 valence electrons. The van der Waals surface area contributed by atoms with Crippen molar-refractivity contribution in [3.05, 3.63) is 10.6 Å². The van der Waals surface area contributed by atoms with E-state index in [2.05, 4.69) is 15.6 Å². The monoisotopic (exact) mass is 372 g/mol. The van der Waals surface area contributed by atoms with E-state index in [4.69, 9.17) is 0 Å². The van der Waals surface area contributed by atoms with Gasteiger partial charge in [-0.25, -0.2) is 18.2 Å². The number of sulfonamides is 1. The van der Waals surface area contributed by atoms with Crippen molar-refractivity contribution in [2.24, 2.45) is 0 Å². The van der Waals surface area contributed by atoms with Crippen LogP contribution in [0.4, 0.5) is 9.93 Å². The van der Waals surface area contributed by atoms with Gasteiger partial charge in [0.2, 0.25) is 10.0 Å². The number of aromatic nitrogens is 1. The number of thiazole rings is 1. The fourth-order valence-corrected chi connectivity index (χ4v) is 5.81. The highest BCUT2D eigenvalue weighted by Gasteiger charge is 2.28. The van der Waals surface area contributed by atoms with Crippen LogP contribution in [0.25, 0.3) is 0 Å². The topological polar surface area (TPSA) is 91.4 Å².